The molecule has 0 aromatic carbocycles. The lowest BCUT2D eigenvalue weighted by atomic mass is 10.1. The van der Waals surface area contributed by atoms with Crippen molar-refractivity contribution in [2.75, 3.05) is 19.8 Å². The molecule has 1 aromatic rings. The van der Waals surface area contributed by atoms with Crippen LogP contribution in [-0.2, 0) is 17.7 Å². The fourth-order valence-corrected chi connectivity index (χ4v) is 2.41. The van der Waals surface area contributed by atoms with E-state index in [2.05, 4.69) is 5.10 Å². The zero-order chi connectivity index (χ0) is 14.7. The molecular formula is C14H23N3O3. The monoisotopic (exact) mass is 281 g/mol. The molecule has 1 saturated heterocycles. The smallest absolute Gasteiger partial charge is 0.272 e. The minimum atomic E-state index is -0.293. The number of amides is 1. The molecule has 0 saturated carbocycles. The molecule has 1 aliphatic rings. The summed E-state index contributed by atoms with van der Waals surface area (Å²) in [6.07, 6.45) is 0.518. The maximum atomic E-state index is 12.7. The van der Waals surface area contributed by atoms with Crippen LogP contribution in [0.5, 0.6) is 0 Å². The van der Waals surface area contributed by atoms with Gasteiger partial charge in [0.05, 0.1) is 31.1 Å². The maximum absolute atomic E-state index is 12.7. The number of aliphatic hydroxyl groups is 1. The van der Waals surface area contributed by atoms with Gasteiger partial charge in [0.25, 0.3) is 5.91 Å². The topological polar surface area (TPSA) is 67.6 Å². The van der Waals surface area contributed by atoms with Gasteiger partial charge in [-0.3, -0.25) is 9.48 Å². The number of ether oxygens (including phenoxy) is 1. The van der Waals surface area contributed by atoms with E-state index in [1.807, 2.05) is 26.8 Å². The molecule has 6 nitrogen and oxygen atoms in total. The zero-order valence-corrected chi connectivity index (χ0v) is 12.4. The lowest BCUT2D eigenvalue weighted by molar-refractivity contribution is -0.0670. The Hall–Kier alpha value is -1.40. The van der Waals surface area contributed by atoms with Gasteiger partial charge in [0.1, 0.15) is 5.69 Å². The normalized spacial score (nSPS) is 23.1. The van der Waals surface area contributed by atoms with Gasteiger partial charge in [-0.25, -0.2) is 0 Å². The lowest BCUT2D eigenvalue weighted by Crippen LogP contribution is -2.52. The number of hydrogen-bond acceptors (Lipinski definition) is 4. The summed E-state index contributed by atoms with van der Waals surface area (Å²) in [7, 11) is 0. The van der Waals surface area contributed by atoms with Crippen molar-refractivity contribution in [1.82, 2.24) is 14.7 Å². The fourth-order valence-electron chi connectivity index (χ4n) is 2.41. The molecular weight excluding hydrogens is 258 g/mol. The van der Waals surface area contributed by atoms with Crippen molar-refractivity contribution in [3.05, 3.63) is 17.5 Å². The predicted octanol–water partition coefficient (Wildman–Crippen LogP) is 0.687. The molecule has 2 rings (SSSR count). The largest absolute Gasteiger partial charge is 0.394 e. The van der Waals surface area contributed by atoms with Crippen molar-refractivity contribution in [1.29, 1.82) is 0 Å². The second-order valence-electron chi connectivity index (χ2n) is 5.13. The first-order chi connectivity index (χ1) is 9.60. The SMILES string of the molecule is CCc1cc(C(=O)N2CC(CO)OCC2C)n(CC)n1. The number of morpholine rings is 1. The van der Waals surface area contributed by atoms with Crippen LogP contribution in [-0.4, -0.2) is 57.6 Å². The van der Waals surface area contributed by atoms with E-state index in [1.165, 1.54) is 0 Å². The van der Waals surface area contributed by atoms with Gasteiger partial charge in [-0.2, -0.15) is 5.10 Å². The van der Waals surface area contributed by atoms with E-state index in [0.29, 0.717) is 25.4 Å². The summed E-state index contributed by atoms with van der Waals surface area (Å²) < 4.78 is 7.22. The van der Waals surface area contributed by atoms with Gasteiger partial charge < -0.3 is 14.7 Å². The number of aliphatic hydroxyl groups excluding tert-OH is 1. The third-order valence-corrected chi connectivity index (χ3v) is 3.68. The van der Waals surface area contributed by atoms with E-state index < -0.39 is 0 Å². The van der Waals surface area contributed by atoms with Gasteiger partial charge in [0, 0.05) is 13.1 Å². The standard InChI is InChI=1S/C14H23N3O3/c1-4-11-6-13(17(5-2)15-11)14(19)16-7-12(8-18)20-9-10(16)3/h6,10,12,18H,4-5,7-9H2,1-3H3. The first-order valence-electron chi connectivity index (χ1n) is 7.20. The van der Waals surface area contributed by atoms with E-state index in [9.17, 15) is 9.90 Å². The Morgan fingerprint density at radius 1 is 1.55 bits per heavy atom. The maximum Gasteiger partial charge on any atom is 0.272 e. The van der Waals surface area contributed by atoms with Crippen LogP contribution in [0.15, 0.2) is 6.07 Å². The molecule has 1 N–H and O–H groups in total. The summed E-state index contributed by atoms with van der Waals surface area (Å²) in [5.74, 6) is -0.0340. The van der Waals surface area contributed by atoms with E-state index in [-0.39, 0.29) is 24.7 Å². The summed E-state index contributed by atoms with van der Waals surface area (Å²) in [6.45, 7) is 7.44. The predicted molar refractivity (Wildman–Crippen MR) is 74.6 cm³/mol. The van der Waals surface area contributed by atoms with E-state index in [4.69, 9.17) is 4.74 Å². The average Bonchev–Trinajstić information content (AvgIpc) is 2.90. The minimum absolute atomic E-state index is 0.00980. The van der Waals surface area contributed by atoms with Gasteiger partial charge in [0.15, 0.2) is 0 Å². The molecule has 112 valence electrons. The number of aryl methyl sites for hydroxylation is 2. The molecule has 1 amide bonds. The zero-order valence-electron chi connectivity index (χ0n) is 12.4. The number of hydrogen-bond donors (Lipinski definition) is 1. The Kier molecular flexibility index (Phi) is 4.77. The summed E-state index contributed by atoms with van der Waals surface area (Å²) in [4.78, 5) is 14.5. The minimum Gasteiger partial charge on any atom is -0.394 e. The van der Waals surface area contributed by atoms with E-state index in [1.54, 1.807) is 9.58 Å². The van der Waals surface area contributed by atoms with Gasteiger partial charge in [0.2, 0.25) is 0 Å². The van der Waals surface area contributed by atoms with Gasteiger partial charge in [-0.05, 0) is 26.3 Å². The van der Waals surface area contributed by atoms with Crippen LogP contribution in [0, 0.1) is 0 Å². The Labute approximate surface area is 119 Å². The van der Waals surface area contributed by atoms with Gasteiger partial charge in [-0.1, -0.05) is 6.92 Å². The second kappa shape index (κ2) is 6.37. The number of aromatic nitrogens is 2. The Morgan fingerprint density at radius 3 is 2.90 bits per heavy atom. The van der Waals surface area contributed by atoms with Crippen molar-refractivity contribution in [3.8, 4) is 0 Å². The molecule has 2 atom stereocenters. The highest BCUT2D eigenvalue weighted by Gasteiger charge is 2.31. The average molecular weight is 281 g/mol. The van der Waals surface area contributed by atoms with E-state index in [0.717, 1.165) is 12.1 Å². The highest BCUT2D eigenvalue weighted by Crippen LogP contribution is 2.16. The quantitative estimate of drug-likeness (QED) is 0.881. The van der Waals surface area contributed by atoms with Crippen molar-refractivity contribution in [3.63, 3.8) is 0 Å². The summed E-state index contributed by atoms with van der Waals surface area (Å²) in [5.41, 5.74) is 1.55. The number of rotatable bonds is 4. The first-order valence-corrected chi connectivity index (χ1v) is 7.20. The molecule has 2 heterocycles. The van der Waals surface area contributed by atoms with Crippen LogP contribution in [0.2, 0.25) is 0 Å². The van der Waals surface area contributed by atoms with Crippen molar-refractivity contribution >= 4 is 5.91 Å². The molecule has 1 fully saturated rings. The van der Waals surface area contributed by atoms with Crippen LogP contribution in [0.25, 0.3) is 0 Å². The molecule has 0 spiro atoms. The Balaban J connectivity index is 2.23. The van der Waals surface area contributed by atoms with Crippen molar-refractivity contribution in [2.24, 2.45) is 0 Å². The molecule has 0 aliphatic carbocycles. The molecule has 6 heteroatoms. The number of nitrogens with zero attached hydrogens (tertiary/aromatic N) is 3. The van der Waals surface area contributed by atoms with Crippen LogP contribution >= 0.6 is 0 Å². The second-order valence-corrected chi connectivity index (χ2v) is 5.13. The lowest BCUT2D eigenvalue weighted by Gasteiger charge is -2.37. The van der Waals surface area contributed by atoms with Crippen molar-refractivity contribution in [2.45, 2.75) is 45.9 Å². The Bertz CT molecular complexity index is 472. The third kappa shape index (κ3) is 2.86. The summed E-state index contributed by atoms with van der Waals surface area (Å²) in [5, 5.41) is 13.6. The fraction of sp³-hybridized carbons (Fsp3) is 0.714. The van der Waals surface area contributed by atoms with Gasteiger partial charge in [-0.15, -0.1) is 0 Å². The molecule has 0 radical (unpaired) electrons. The molecule has 2 unspecified atom stereocenters. The third-order valence-electron chi connectivity index (χ3n) is 3.68. The molecule has 0 bridgehead atoms. The van der Waals surface area contributed by atoms with E-state index >= 15 is 0 Å². The highest BCUT2D eigenvalue weighted by molar-refractivity contribution is 5.93. The molecule has 1 aliphatic heterocycles. The van der Waals surface area contributed by atoms with Gasteiger partial charge >= 0.3 is 0 Å². The van der Waals surface area contributed by atoms with Crippen molar-refractivity contribution < 1.29 is 14.6 Å². The Morgan fingerprint density at radius 2 is 2.30 bits per heavy atom. The molecule has 1 aromatic heterocycles. The van der Waals surface area contributed by atoms with Crippen LogP contribution < -0.4 is 0 Å². The van der Waals surface area contributed by atoms with Crippen LogP contribution in [0.1, 0.15) is 37.0 Å². The van der Waals surface area contributed by atoms with Crippen LogP contribution in [0.3, 0.4) is 0 Å². The summed E-state index contributed by atoms with van der Waals surface area (Å²) in [6, 6.07) is 1.87. The van der Waals surface area contributed by atoms with Crippen LogP contribution in [0.4, 0.5) is 0 Å². The first kappa shape index (κ1) is 15.0. The number of carbonyl (C=O) groups excluding carboxylic acids is 1. The number of carbonyl (C=O) groups is 1. The molecule has 20 heavy (non-hydrogen) atoms. The highest BCUT2D eigenvalue weighted by atomic mass is 16.5. The summed E-state index contributed by atoms with van der Waals surface area (Å²) >= 11 is 0.